The first kappa shape index (κ1) is 30.9. The molecule has 2 N–H and O–H groups in total. The van der Waals surface area contributed by atoms with Crippen LogP contribution in [0.1, 0.15) is 119 Å². The average molecular weight is 534 g/mol. The molecule has 0 aromatic carbocycles. The Labute approximate surface area is 229 Å². The van der Waals surface area contributed by atoms with Gasteiger partial charge >= 0.3 is 11.9 Å². The number of fused-ring (bicyclic) bond motifs is 2. The highest BCUT2D eigenvalue weighted by molar-refractivity contribution is 5.76. The van der Waals surface area contributed by atoms with Crippen molar-refractivity contribution in [2.75, 3.05) is 7.11 Å². The van der Waals surface area contributed by atoms with E-state index in [2.05, 4.69) is 10.8 Å². The molecule has 0 aromatic rings. The lowest BCUT2D eigenvalue weighted by atomic mass is 9.50. The largest absolute Gasteiger partial charge is 0.469 e. The summed E-state index contributed by atoms with van der Waals surface area (Å²) in [7, 11) is 1.42. The van der Waals surface area contributed by atoms with Gasteiger partial charge in [0, 0.05) is 25.2 Å². The summed E-state index contributed by atoms with van der Waals surface area (Å²) in [6, 6.07) is 2.40. The third-order valence-corrected chi connectivity index (χ3v) is 10.2. The Hall–Kier alpha value is -1.65. The van der Waals surface area contributed by atoms with Crippen LogP contribution in [0.3, 0.4) is 0 Å². The molecular formula is C31H51NO6. The minimum atomic E-state index is -0.842. The summed E-state index contributed by atoms with van der Waals surface area (Å²) in [6.07, 6.45) is 10.5. The number of hydrogen-bond acceptors (Lipinski definition) is 7. The fourth-order valence-corrected chi connectivity index (χ4v) is 7.67. The van der Waals surface area contributed by atoms with Gasteiger partial charge < -0.3 is 19.7 Å². The first-order chi connectivity index (χ1) is 17.5. The van der Waals surface area contributed by atoms with Crippen LogP contribution in [-0.2, 0) is 19.1 Å². The van der Waals surface area contributed by atoms with Gasteiger partial charge in [0.15, 0.2) is 0 Å². The number of aliphatic hydroxyl groups is 2. The van der Waals surface area contributed by atoms with Crippen molar-refractivity contribution in [3.05, 3.63) is 0 Å². The zero-order valence-electron chi connectivity index (χ0n) is 24.8. The molecular weight excluding hydrogens is 482 g/mol. The van der Waals surface area contributed by atoms with Gasteiger partial charge in [-0.25, -0.2) is 0 Å². The third-order valence-electron chi connectivity index (χ3n) is 10.2. The molecule has 5 atom stereocenters. The number of ether oxygens (including phenoxy) is 2. The van der Waals surface area contributed by atoms with Crippen molar-refractivity contribution in [2.24, 2.45) is 34.5 Å². The Kier molecular flexibility index (Phi) is 9.01. The van der Waals surface area contributed by atoms with Gasteiger partial charge in [-0.05, 0) is 96.8 Å². The summed E-state index contributed by atoms with van der Waals surface area (Å²) >= 11 is 0. The Balaban J connectivity index is 0.000000184. The molecule has 6 rings (SSSR count). The first-order valence-electron chi connectivity index (χ1n) is 14.7. The van der Waals surface area contributed by atoms with Crippen LogP contribution in [0.5, 0.6) is 0 Å². The second-order valence-corrected chi connectivity index (χ2v) is 14.4. The van der Waals surface area contributed by atoms with E-state index >= 15 is 0 Å². The Morgan fingerprint density at radius 2 is 1.42 bits per heavy atom. The molecule has 0 saturated heterocycles. The van der Waals surface area contributed by atoms with E-state index in [4.69, 9.17) is 10.00 Å². The van der Waals surface area contributed by atoms with E-state index in [-0.39, 0.29) is 23.3 Å². The molecule has 0 heterocycles. The van der Waals surface area contributed by atoms with Gasteiger partial charge in [0.25, 0.3) is 0 Å². The zero-order chi connectivity index (χ0) is 28.6. The molecule has 6 aliphatic rings. The minimum absolute atomic E-state index is 0.134. The molecule has 7 heteroatoms. The second-order valence-electron chi connectivity index (χ2n) is 14.4. The lowest BCUT2D eigenvalue weighted by molar-refractivity contribution is -0.264. The van der Waals surface area contributed by atoms with Crippen molar-refractivity contribution in [3.8, 4) is 6.07 Å². The lowest BCUT2D eigenvalue weighted by Crippen LogP contribution is -2.67. The molecule has 6 bridgehead atoms. The summed E-state index contributed by atoms with van der Waals surface area (Å²) < 4.78 is 10.4. The number of esters is 2. The Bertz CT molecular complexity index is 902. The summed E-state index contributed by atoms with van der Waals surface area (Å²) in [4.78, 5) is 23.2. The first-order valence-corrected chi connectivity index (χ1v) is 14.7. The molecule has 0 spiro atoms. The maximum Gasteiger partial charge on any atom is 0.312 e. The highest BCUT2D eigenvalue weighted by Crippen LogP contribution is 2.60. The van der Waals surface area contributed by atoms with Gasteiger partial charge in [0.05, 0.1) is 35.2 Å². The normalized spacial score (nSPS) is 38.3. The highest BCUT2D eigenvalue weighted by atomic mass is 16.6. The van der Waals surface area contributed by atoms with E-state index in [1.165, 1.54) is 32.8 Å². The van der Waals surface area contributed by atoms with Crippen molar-refractivity contribution < 1.29 is 29.3 Å². The Morgan fingerprint density at radius 3 is 1.76 bits per heavy atom. The van der Waals surface area contributed by atoms with Crippen LogP contribution in [0.25, 0.3) is 0 Å². The van der Waals surface area contributed by atoms with Gasteiger partial charge in [0.2, 0.25) is 0 Å². The summed E-state index contributed by atoms with van der Waals surface area (Å²) in [5.74, 6) is 2.10. The molecule has 6 aliphatic carbocycles. The van der Waals surface area contributed by atoms with E-state index in [1.54, 1.807) is 0 Å². The van der Waals surface area contributed by atoms with Crippen LogP contribution in [0, 0.1) is 45.8 Å². The molecule has 0 amide bonds. The summed E-state index contributed by atoms with van der Waals surface area (Å²) in [5, 5.41) is 29.9. The molecule has 5 unspecified atom stereocenters. The van der Waals surface area contributed by atoms with E-state index in [0.717, 1.165) is 43.9 Å². The van der Waals surface area contributed by atoms with E-state index < -0.39 is 22.2 Å². The molecule has 0 radical (unpaired) electrons. The smallest absolute Gasteiger partial charge is 0.312 e. The van der Waals surface area contributed by atoms with Crippen LogP contribution in [0.2, 0.25) is 0 Å². The molecule has 0 aromatic heterocycles. The van der Waals surface area contributed by atoms with Gasteiger partial charge in [-0.15, -0.1) is 0 Å². The highest BCUT2D eigenvalue weighted by Gasteiger charge is 2.64. The van der Waals surface area contributed by atoms with Crippen LogP contribution < -0.4 is 0 Å². The van der Waals surface area contributed by atoms with Crippen molar-refractivity contribution in [2.45, 2.75) is 135 Å². The standard InChI is InChI=1S/C16H26O4.C8H11N.C7H14O2/c1-4-13(2,3)12(17)20-16-7-11-5-14(18,9-16)8-15(19,6-11)10-16;9-5-8-4-6-1-2-7(8)3-6;1-5-7(2,3)6(8)9-4/h11,18-19H,4-10H2,1-3H3;6-8H,1-4H2;5H2,1-4H3. The molecule has 0 aliphatic heterocycles. The van der Waals surface area contributed by atoms with Crippen molar-refractivity contribution in [1.29, 1.82) is 5.26 Å². The summed E-state index contributed by atoms with van der Waals surface area (Å²) in [5.41, 5.74) is -3.15. The van der Waals surface area contributed by atoms with E-state index in [1.807, 2.05) is 41.5 Å². The van der Waals surface area contributed by atoms with Gasteiger partial charge in [-0.3, -0.25) is 9.59 Å². The topological polar surface area (TPSA) is 117 Å². The molecule has 38 heavy (non-hydrogen) atoms. The number of hydrogen-bond donors (Lipinski definition) is 2. The number of rotatable bonds is 5. The van der Waals surface area contributed by atoms with Crippen LogP contribution >= 0.6 is 0 Å². The number of carbonyl (C=O) groups excluding carboxylic acids is 2. The van der Waals surface area contributed by atoms with Crippen LogP contribution in [-0.4, -0.2) is 46.1 Å². The van der Waals surface area contributed by atoms with Gasteiger partial charge in [-0.2, -0.15) is 5.26 Å². The van der Waals surface area contributed by atoms with Gasteiger partial charge in [0.1, 0.15) is 5.60 Å². The van der Waals surface area contributed by atoms with E-state index in [9.17, 15) is 19.8 Å². The maximum atomic E-state index is 12.4. The molecule has 7 nitrogen and oxygen atoms in total. The minimum Gasteiger partial charge on any atom is -0.469 e. The number of nitriles is 1. The fraction of sp³-hybridized carbons (Fsp3) is 0.903. The number of nitrogens with zero attached hydrogens (tertiary/aromatic N) is 1. The van der Waals surface area contributed by atoms with Crippen molar-refractivity contribution >= 4 is 11.9 Å². The molecule has 6 saturated carbocycles. The van der Waals surface area contributed by atoms with Crippen molar-refractivity contribution in [3.63, 3.8) is 0 Å². The van der Waals surface area contributed by atoms with E-state index in [0.29, 0.717) is 25.2 Å². The number of carbonyl (C=O) groups is 2. The van der Waals surface area contributed by atoms with Crippen LogP contribution in [0.4, 0.5) is 0 Å². The summed E-state index contributed by atoms with van der Waals surface area (Å²) in [6.45, 7) is 11.5. The fourth-order valence-electron chi connectivity index (χ4n) is 7.67. The third kappa shape index (κ3) is 6.73. The zero-order valence-corrected chi connectivity index (χ0v) is 24.8. The van der Waals surface area contributed by atoms with Crippen molar-refractivity contribution in [1.82, 2.24) is 0 Å². The predicted molar refractivity (Wildman–Crippen MR) is 145 cm³/mol. The van der Waals surface area contributed by atoms with Gasteiger partial charge in [-0.1, -0.05) is 20.3 Å². The predicted octanol–water partition coefficient (Wildman–Crippen LogP) is 5.71. The van der Waals surface area contributed by atoms with Crippen LogP contribution in [0.15, 0.2) is 0 Å². The molecule has 6 fully saturated rings. The second kappa shape index (κ2) is 11.1. The Morgan fingerprint density at radius 1 is 0.868 bits per heavy atom. The number of methoxy groups -OCH3 is 1. The maximum absolute atomic E-state index is 12.4. The SMILES string of the molecule is CCC(C)(C)C(=O)OC.CCC(C)(C)C(=O)OC12CC3CC(O)(CC(O)(C3)C1)C2.N#CC1CC2CCC1C2. The quantitative estimate of drug-likeness (QED) is 0.435. The molecule has 216 valence electrons. The average Bonchev–Trinajstić information content (AvgIpc) is 3.45. The lowest BCUT2D eigenvalue weighted by Gasteiger charge is -2.62. The monoisotopic (exact) mass is 533 g/mol.